The maximum absolute atomic E-state index is 13.1. The van der Waals surface area contributed by atoms with E-state index in [1.165, 1.54) is 0 Å². The zero-order valence-electron chi connectivity index (χ0n) is 13.1. The number of carbonyl (C=O) groups excluding carboxylic acids is 1. The van der Waals surface area contributed by atoms with Gasteiger partial charge in [0, 0.05) is 28.3 Å². The fraction of sp³-hybridized carbons (Fsp3) is 0.167. The summed E-state index contributed by atoms with van der Waals surface area (Å²) in [6.45, 7) is 1.09. The number of hydrogen-bond donors (Lipinski definition) is 0. The zero-order valence-corrected chi connectivity index (χ0v) is 16.2. The number of aryl methyl sites for hydroxylation is 1. The Kier molecular flexibility index (Phi) is 5.43. The van der Waals surface area contributed by atoms with Gasteiger partial charge in [-0.15, -0.1) is 11.3 Å². The highest BCUT2D eigenvalue weighted by Gasteiger charge is 2.20. The van der Waals surface area contributed by atoms with E-state index in [0.29, 0.717) is 23.7 Å². The summed E-state index contributed by atoms with van der Waals surface area (Å²) in [5.41, 5.74) is 1.59. The van der Waals surface area contributed by atoms with Gasteiger partial charge < -0.3 is 9.47 Å². The Morgan fingerprint density at radius 3 is 2.75 bits per heavy atom. The van der Waals surface area contributed by atoms with Crippen molar-refractivity contribution in [2.45, 2.75) is 13.1 Å². The van der Waals surface area contributed by atoms with Crippen molar-refractivity contribution < 1.29 is 4.79 Å². The molecule has 0 atom stereocenters. The molecular formula is C18H16BrClN2OS. The molecule has 0 saturated carbocycles. The highest BCUT2D eigenvalue weighted by molar-refractivity contribution is 9.10. The maximum atomic E-state index is 13.1. The lowest BCUT2D eigenvalue weighted by molar-refractivity contribution is 0.0728. The van der Waals surface area contributed by atoms with E-state index in [-0.39, 0.29) is 5.91 Å². The Hall–Kier alpha value is -1.56. The predicted molar refractivity (Wildman–Crippen MR) is 102 cm³/mol. The molecular weight excluding hydrogens is 408 g/mol. The van der Waals surface area contributed by atoms with Crippen LogP contribution in [-0.2, 0) is 20.1 Å². The van der Waals surface area contributed by atoms with E-state index < -0.39 is 0 Å². The third-order valence-corrected chi connectivity index (χ3v) is 5.46. The molecule has 3 nitrogen and oxygen atoms in total. The van der Waals surface area contributed by atoms with Crippen molar-refractivity contribution in [1.29, 1.82) is 0 Å². The second kappa shape index (κ2) is 7.55. The van der Waals surface area contributed by atoms with Gasteiger partial charge in [0.05, 0.1) is 23.7 Å². The van der Waals surface area contributed by atoms with E-state index in [0.717, 1.165) is 15.0 Å². The minimum Gasteiger partial charge on any atom is -0.353 e. The fourth-order valence-electron chi connectivity index (χ4n) is 2.48. The normalized spacial score (nSPS) is 10.8. The van der Waals surface area contributed by atoms with Gasteiger partial charge in [-0.3, -0.25) is 4.79 Å². The van der Waals surface area contributed by atoms with E-state index >= 15 is 0 Å². The Balaban J connectivity index is 1.92. The van der Waals surface area contributed by atoms with Crippen LogP contribution in [0.4, 0.5) is 0 Å². The number of thiophene rings is 1. The summed E-state index contributed by atoms with van der Waals surface area (Å²) in [5.74, 6) is -0.0732. The molecule has 0 radical (unpaired) electrons. The molecule has 0 aliphatic rings. The molecule has 0 bridgehead atoms. The molecule has 3 aromatic rings. The lowest BCUT2D eigenvalue weighted by atomic mass is 10.2. The van der Waals surface area contributed by atoms with E-state index in [4.69, 9.17) is 11.6 Å². The Morgan fingerprint density at radius 1 is 1.25 bits per heavy atom. The molecule has 2 aromatic heterocycles. The third-order valence-electron chi connectivity index (χ3n) is 3.78. The van der Waals surface area contributed by atoms with Gasteiger partial charge in [0.25, 0.3) is 5.91 Å². The van der Waals surface area contributed by atoms with Crippen LogP contribution < -0.4 is 0 Å². The Labute approximate surface area is 158 Å². The van der Waals surface area contributed by atoms with E-state index in [1.807, 2.05) is 58.4 Å². The van der Waals surface area contributed by atoms with Crippen LogP contribution in [-0.4, -0.2) is 15.4 Å². The molecule has 0 unspecified atom stereocenters. The molecule has 124 valence electrons. The summed E-state index contributed by atoms with van der Waals surface area (Å²) in [4.78, 5) is 16.1. The molecule has 0 N–H and O–H groups in total. The molecule has 0 saturated heterocycles. The van der Waals surface area contributed by atoms with Crippen molar-refractivity contribution in [3.8, 4) is 0 Å². The van der Waals surface area contributed by atoms with E-state index in [9.17, 15) is 4.79 Å². The first-order valence-electron chi connectivity index (χ1n) is 7.41. The summed E-state index contributed by atoms with van der Waals surface area (Å²) >= 11 is 11.3. The van der Waals surface area contributed by atoms with Gasteiger partial charge in [0.15, 0.2) is 0 Å². The highest BCUT2D eigenvalue weighted by atomic mass is 79.9. The number of hydrogen-bond acceptors (Lipinski definition) is 2. The molecule has 0 fully saturated rings. The summed E-state index contributed by atoms with van der Waals surface area (Å²) in [6.07, 6.45) is 1.98. The maximum Gasteiger partial charge on any atom is 0.256 e. The lowest BCUT2D eigenvalue weighted by Crippen LogP contribution is -2.30. The Morgan fingerprint density at radius 2 is 2.08 bits per heavy atom. The molecule has 3 rings (SSSR count). The van der Waals surface area contributed by atoms with Crippen molar-refractivity contribution in [3.63, 3.8) is 0 Å². The third kappa shape index (κ3) is 3.91. The molecule has 0 aliphatic carbocycles. The topological polar surface area (TPSA) is 25.2 Å². The average Bonchev–Trinajstić information content (AvgIpc) is 3.21. The Bertz CT molecular complexity index is 845. The smallest absolute Gasteiger partial charge is 0.256 e. The zero-order chi connectivity index (χ0) is 17.1. The molecule has 0 spiro atoms. The number of aromatic nitrogens is 1. The molecule has 1 amide bonds. The van der Waals surface area contributed by atoms with Crippen LogP contribution in [0.1, 0.15) is 20.9 Å². The van der Waals surface area contributed by atoms with Gasteiger partial charge in [-0.05, 0) is 41.8 Å². The van der Waals surface area contributed by atoms with Gasteiger partial charge in [0.1, 0.15) is 0 Å². The average molecular weight is 424 g/mol. The largest absolute Gasteiger partial charge is 0.353 e. The van der Waals surface area contributed by atoms with Gasteiger partial charge in [-0.1, -0.05) is 33.6 Å². The van der Waals surface area contributed by atoms with Crippen molar-refractivity contribution in [2.24, 2.45) is 7.05 Å². The quantitative estimate of drug-likeness (QED) is 0.543. The first-order chi connectivity index (χ1) is 11.5. The molecule has 24 heavy (non-hydrogen) atoms. The summed E-state index contributed by atoms with van der Waals surface area (Å²) in [7, 11) is 1.98. The van der Waals surface area contributed by atoms with Gasteiger partial charge in [0.2, 0.25) is 0 Å². The van der Waals surface area contributed by atoms with Crippen molar-refractivity contribution >= 4 is 44.8 Å². The van der Waals surface area contributed by atoms with Crippen LogP contribution in [0.2, 0.25) is 5.02 Å². The SMILES string of the molecule is Cn1cccc1CN(Cc1cccs1)C(=O)c1cc(Br)ccc1Cl. The number of halogens is 2. The van der Waals surface area contributed by atoms with Crippen molar-refractivity contribution in [2.75, 3.05) is 0 Å². The monoisotopic (exact) mass is 422 g/mol. The van der Waals surface area contributed by atoms with Crippen molar-refractivity contribution in [3.05, 3.63) is 79.7 Å². The van der Waals surface area contributed by atoms with E-state index in [1.54, 1.807) is 23.5 Å². The first kappa shape index (κ1) is 17.3. The predicted octanol–water partition coefficient (Wildman–Crippen LogP) is 5.35. The summed E-state index contributed by atoms with van der Waals surface area (Å²) in [6, 6.07) is 13.4. The second-order valence-electron chi connectivity index (χ2n) is 5.48. The van der Waals surface area contributed by atoms with Crippen LogP contribution in [0.15, 0.2) is 58.5 Å². The minimum absolute atomic E-state index is 0.0732. The van der Waals surface area contributed by atoms with Crippen LogP contribution in [0.25, 0.3) is 0 Å². The van der Waals surface area contributed by atoms with Crippen LogP contribution in [0.3, 0.4) is 0 Å². The molecule has 0 aliphatic heterocycles. The highest BCUT2D eigenvalue weighted by Crippen LogP contribution is 2.24. The van der Waals surface area contributed by atoms with Gasteiger partial charge in [-0.25, -0.2) is 0 Å². The molecule has 6 heteroatoms. The van der Waals surface area contributed by atoms with Crippen LogP contribution in [0, 0.1) is 0 Å². The summed E-state index contributed by atoms with van der Waals surface area (Å²) < 4.78 is 2.86. The summed E-state index contributed by atoms with van der Waals surface area (Å²) in [5, 5.41) is 2.48. The minimum atomic E-state index is -0.0732. The van der Waals surface area contributed by atoms with Crippen molar-refractivity contribution in [1.82, 2.24) is 9.47 Å². The first-order valence-corrected chi connectivity index (χ1v) is 9.46. The van der Waals surface area contributed by atoms with Gasteiger partial charge >= 0.3 is 0 Å². The number of nitrogens with zero attached hydrogens (tertiary/aromatic N) is 2. The second-order valence-corrected chi connectivity index (χ2v) is 7.83. The van der Waals surface area contributed by atoms with Gasteiger partial charge in [-0.2, -0.15) is 0 Å². The standard InChI is InChI=1S/C18H16BrClN2OS/c1-21-8-2-4-14(21)11-22(12-15-5-3-9-24-15)18(23)16-10-13(19)6-7-17(16)20/h2-10H,11-12H2,1H3. The molecule has 2 heterocycles. The van der Waals surface area contributed by atoms with Crippen LogP contribution >= 0.6 is 38.9 Å². The van der Waals surface area contributed by atoms with Crippen LogP contribution in [0.5, 0.6) is 0 Å². The number of carbonyl (C=O) groups is 1. The number of amides is 1. The number of rotatable bonds is 5. The fourth-order valence-corrected chi connectivity index (χ4v) is 3.76. The number of benzene rings is 1. The van der Waals surface area contributed by atoms with E-state index in [2.05, 4.69) is 15.9 Å². The molecule has 1 aromatic carbocycles. The lowest BCUT2D eigenvalue weighted by Gasteiger charge is -2.23.